The van der Waals surface area contributed by atoms with Crippen LogP contribution in [0.2, 0.25) is 0 Å². The molecule has 5 heteroatoms. The molecule has 2 aromatic heterocycles. The van der Waals surface area contributed by atoms with Crippen LogP contribution >= 0.6 is 0 Å². The third-order valence-corrected chi connectivity index (χ3v) is 2.26. The highest BCUT2D eigenvalue weighted by molar-refractivity contribution is 7.56. The van der Waals surface area contributed by atoms with Crippen molar-refractivity contribution in [2.75, 3.05) is 0 Å². The first-order chi connectivity index (χ1) is 5.83. The summed E-state index contributed by atoms with van der Waals surface area (Å²) in [6, 6.07) is 3.72. The van der Waals surface area contributed by atoms with Gasteiger partial charge in [-0.05, 0) is 12.1 Å². The second kappa shape index (κ2) is 2.60. The third-order valence-electron chi connectivity index (χ3n) is 1.73. The summed E-state index contributed by atoms with van der Waals surface area (Å²) in [6.45, 7) is 0. The van der Waals surface area contributed by atoms with Crippen LogP contribution in [-0.4, -0.2) is 18.7 Å². The molecule has 0 radical (unpaired) electrons. The molecule has 0 atom stereocenters. The first-order valence-electron chi connectivity index (χ1n) is 3.45. The molecule has 4 nitrogen and oxygen atoms in total. The monoisotopic (exact) mass is 181 g/mol. The zero-order valence-electron chi connectivity index (χ0n) is 6.44. The number of fused-ring (bicyclic) bond motifs is 1. The molecule has 0 saturated heterocycles. The number of rotatable bonds is 0. The molecule has 0 saturated carbocycles. The molecule has 0 fully saturated rings. The van der Waals surface area contributed by atoms with Crippen molar-refractivity contribution in [2.45, 2.75) is 0 Å². The number of hydrogen-bond donors (Lipinski definition) is 1. The average molecular weight is 181 g/mol. The fraction of sp³-hybridized carbons (Fsp3) is 0.143. The lowest BCUT2D eigenvalue weighted by atomic mass is 10.4. The van der Waals surface area contributed by atoms with E-state index in [2.05, 4.69) is 9.97 Å². The predicted molar refractivity (Wildman–Crippen MR) is 46.5 cm³/mol. The molecular formula is C7H7N3OS. The minimum Gasteiger partial charge on any atom is -0.327 e. The Morgan fingerprint density at radius 3 is 3.17 bits per heavy atom. The van der Waals surface area contributed by atoms with Crippen LogP contribution < -0.4 is 0 Å². The number of aryl methyl sites for hydroxylation is 1. The number of aromatic amines is 1. The van der Waals surface area contributed by atoms with Gasteiger partial charge >= 0.3 is 0 Å². The standard InChI is InChI=1S/C7H7N3OS/c1-10-6-5(3-2-4-8-6)9-7(10)12-11/h2-4,9H,1H3. The number of aromatic nitrogens is 3. The summed E-state index contributed by atoms with van der Waals surface area (Å²) in [7, 11) is 1.81. The van der Waals surface area contributed by atoms with Gasteiger partial charge in [-0.15, -0.1) is 0 Å². The maximum absolute atomic E-state index is 10.6. The second-order valence-corrected chi connectivity index (χ2v) is 3.00. The normalized spacial score (nSPS) is 10.4. The Morgan fingerprint density at radius 2 is 2.50 bits per heavy atom. The molecule has 2 rings (SSSR count). The SMILES string of the molecule is Cn1c(=S=O)[nH]c2cccnc21. The van der Waals surface area contributed by atoms with Crippen LogP contribution in [-0.2, 0) is 18.3 Å². The molecule has 1 N–H and O–H groups in total. The summed E-state index contributed by atoms with van der Waals surface area (Å²) in [6.07, 6.45) is 1.70. The molecule has 0 unspecified atom stereocenters. The molecule has 0 amide bonds. The molecular weight excluding hydrogens is 174 g/mol. The summed E-state index contributed by atoms with van der Waals surface area (Å²) >= 11 is 0.439. The first-order valence-corrected chi connectivity index (χ1v) is 4.19. The van der Waals surface area contributed by atoms with Gasteiger partial charge in [0.05, 0.1) is 5.52 Å². The lowest BCUT2D eigenvalue weighted by molar-refractivity contribution is 0.697. The summed E-state index contributed by atoms with van der Waals surface area (Å²) in [5, 5.41) is 0. The van der Waals surface area contributed by atoms with Crippen molar-refractivity contribution in [3.63, 3.8) is 0 Å². The fourth-order valence-electron chi connectivity index (χ4n) is 1.13. The van der Waals surface area contributed by atoms with E-state index in [0.717, 1.165) is 11.2 Å². The molecule has 0 spiro atoms. The van der Waals surface area contributed by atoms with E-state index in [4.69, 9.17) is 0 Å². The second-order valence-electron chi connectivity index (χ2n) is 2.45. The Labute approximate surface area is 71.9 Å². The van der Waals surface area contributed by atoms with Crippen LogP contribution in [0, 0.1) is 4.77 Å². The van der Waals surface area contributed by atoms with E-state index in [9.17, 15) is 4.21 Å². The Balaban J connectivity index is 3.08. The van der Waals surface area contributed by atoms with Crippen LogP contribution in [0.4, 0.5) is 0 Å². The van der Waals surface area contributed by atoms with Gasteiger partial charge in [0.25, 0.3) is 0 Å². The van der Waals surface area contributed by atoms with Gasteiger partial charge in [-0.3, -0.25) is 0 Å². The van der Waals surface area contributed by atoms with Crippen molar-refractivity contribution in [3.05, 3.63) is 23.1 Å². The van der Waals surface area contributed by atoms with Gasteiger partial charge in [-0.1, -0.05) is 0 Å². The molecule has 0 aliphatic heterocycles. The van der Waals surface area contributed by atoms with Crippen molar-refractivity contribution in [1.29, 1.82) is 0 Å². The fourth-order valence-corrected chi connectivity index (χ4v) is 1.48. The average Bonchev–Trinajstić information content (AvgIpc) is 2.44. The Hall–Kier alpha value is -1.36. The lowest BCUT2D eigenvalue weighted by Crippen LogP contribution is -1.89. The number of nitrogens with one attached hydrogen (secondary N) is 1. The van der Waals surface area contributed by atoms with Crippen LogP contribution in [0.1, 0.15) is 0 Å². The van der Waals surface area contributed by atoms with Crippen LogP contribution in [0.15, 0.2) is 18.3 Å². The topological polar surface area (TPSA) is 50.7 Å². The molecule has 0 bridgehead atoms. The van der Waals surface area contributed by atoms with Gasteiger partial charge in [0.1, 0.15) is 11.3 Å². The Kier molecular flexibility index (Phi) is 1.58. The highest BCUT2D eigenvalue weighted by Gasteiger charge is 1.99. The van der Waals surface area contributed by atoms with Crippen molar-refractivity contribution < 1.29 is 4.21 Å². The van der Waals surface area contributed by atoms with Gasteiger partial charge in [-0.25, -0.2) is 9.19 Å². The molecule has 12 heavy (non-hydrogen) atoms. The number of H-pyrrole nitrogens is 1. The largest absolute Gasteiger partial charge is 0.327 e. The highest BCUT2D eigenvalue weighted by atomic mass is 32.1. The van der Waals surface area contributed by atoms with Crippen molar-refractivity contribution in [2.24, 2.45) is 7.05 Å². The van der Waals surface area contributed by atoms with Crippen molar-refractivity contribution in [1.82, 2.24) is 14.5 Å². The van der Waals surface area contributed by atoms with Gasteiger partial charge < -0.3 is 9.55 Å². The summed E-state index contributed by atoms with van der Waals surface area (Å²) in [4.78, 5) is 7.09. The molecule has 0 aliphatic rings. The number of nitrogens with zero attached hydrogens (tertiary/aromatic N) is 2. The third kappa shape index (κ3) is 0.902. The molecule has 0 aromatic carbocycles. The smallest absolute Gasteiger partial charge is 0.208 e. The highest BCUT2D eigenvalue weighted by Crippen LogP contribution is 2.06. The van der Waals surface area contributed by atoms with E-state index in [-0.39, 0.29) is 0 Å². The van der Waals surface area contributed by atoms with Gasteiger partial charge in [0, 0.05) is 13.2 Å². The van der Waals surface area contributed by atoms with Crippen LogP contribution in [0.25, 0.3) is 11.2 Å². The predicted octanol–water partition coefficient (Wildman–Crippen LogP) is 0.646. The summed E-state index contributed by atoms with van der Waals surface area (Å²) < 4.78 is 12.9. The summed E-state index contributed by atoms with van der Waals surface area (Å²) in [5.74, 6) is 0. The molecule has 0 aliphatic carbocycles. The van der Waals surface area contributed by atoms with Crippen LogP contribution in [0.5, 0.6) is 0 Å². The summed E-state index contributed by atoms with van der Waals surface area (Å²) in [5.41, 5.74) is 1.69. The van der Waals surface area contributed by atoms with Crippen molar-refractivity contribution >= 4 is 22.4 Å². The van der Waals surface area contributed by atoms with E-state index in [1.165, 1.54) is 0 Å². The molecule has 2 aromatic rings. The molecule has 62 valence electrons. The van der Waals surface area contributed by atoms with E-state index >= 15 is 0 Å². The lowest BCUT2D eigenvalue weighted by Gasteiger charge is -1.89. The number of imidazole rings is 1. The Bertz CT molecular complexity index is 507. The van der Waals surface area contributed by atoms with Gasteiger partial charge in [0.15, 0.2) is 5.65 Å². The zero-order valence-corrected chi connectivity index (χ0v) is 7.26. The number of pyridine rings is 1. The van der Waals surface area contributed by atoms with E-state index in [1.807, 2.05) is 19.2 Å². The van der Waals surface area contributed by atoms with Gasteiger partial charge in [0.2, 0.25) is 4.77 Å². The van der Waals surface area contributed by atoms with E-state index in [1.54, 1.807) is 10.8 Å². The Morgan fingerprint density at radius 1 is 1.67 bits per heavy atom. The molecule has 2 heterocycles. The zero-order chi connectivity index (χ0) is 8.55. The van der Waals surface area contributed by atoms with Gasteiger partial charge in [-0.2, -0.15) is 0 Å². The first kappa shape index (κ1) is 7.30. The maximum atomic E-state index is 10.6. The minimum absolute atomic E-state index is 0.439. The number of hydrogen-bond acceptors (Lipinski definition) is 2. The van der Waals surface area contributed by atoms with E-state index < -0.39 is 0 Å². The maximum Gasteiger partial charge on any atom is 0.208 e. The quantitative estimate of drug-likeness (QED) is 0.606. The minimum atomic E-state index is 0.439. The van der Waals surface area contributed by atoms with Crippen molar-refractivity contribution in [3.8, 4) is 0 Å². The van der Waals surface area contributed by atoms with E-state index in [0.29, 0.717) is 16.0 Å². The van der Waals surface area contributed by atoms with Crippen LogP contribution in [0.3, 0.4) is 0 Å².